The lowest BCUT2D eigenvalue weighted by Crippen LogP contribution is -2.05. The fourth-order valence-electron chi connectivity index (χ4n) is 1.21. The van der Waals surface area contributed by atoms with Crippen LogP contribution in [-0.4, -0.2) is 9.78 Å². The molecule has 0 aliphatic carbocycles. The molecule has 3 N–H and O–H groups in total. The van der Waals surface area contributed by atoms with Gasteiger partial charge in [-0.3, -0.25) is 9.89 Å². The molecule has 0 bridgehead atoms. The number of anilines is 1. The van der Waals surface area contributed by atoms with Gasteiger partial charge in [-0.25, -0.2) is 9.07 Å². The van der Waals surface area contributed by atoms with Crippen LogP contribution in [0.4, 0.5) is 10.2 Å². The molecule has 5 heteroatoms. The van der Waals surface area contributed by atoms with E-state index in [4.69, 9.17) is 5.73 Å². The van der Waals surface area contributed by atoms with Crippen LogP contribution in [0, 0.1) is 5.82 Å². The Morgan fingerprint density at radius 2 is 1.93 bits per heavy atom. The Bertz CT molecular complexity index is 498. The minimum Gasteiger partial charge on any atom is -0.384 e. The van der Waals surface area contributed by atoms with Crippen LogP contribution >= 0.6 is 0 Å². The smallest absolute Gasteiger partial charge is 0.266 e. The molecule has 0 saturated carbocycles. The molecule has 14 heavy (non-hydrogen) atoms. The lowest BCUT2D eigenvalue weighted by atomic mass is 10.3. The molecule has 0 aliphatic heterocycles. The summed E-state index contributed by atoms with van der Waals surface area (Å²) in [5.74, 6) is -0.0385. The third kappa shape index (κ3) is 1.39. The minimum absolute atomic E-state index is 0.285. The van der Waals surface area contributed by atoms with Crippen molar-refractivity contribution in [2.75, 3.05) is 5.73 Å². The van der Waals surface area contributed by atoms with Crippen molar-refractivity contribution in [1.82, 2.24) is 9.78 Å². The number of hydrogen-bond donors (Lipinski definition) is 2. The van der Waals surface area contributed by atoms with E-state index in [1.54, 1.807) is 0 Å². The number of nitrogens with two attached hydrogens (primary N) is 1. The summed E-state index contributed by atoms with van der Waals surface area (Å²) in [4.78, 5) is 10.9. The van der Waals surface area contributed by atoms with E-state index in [0.717, 1.165) is 0 Å². The zero-order valence-corrected chi connectivity index (χ0v) is 7.20. The summed E-state index contributed by atoms with van der Waals surface area (Å²) >= 11 is 0. The molecule has 0 aliphatic rings. The number of nitrogens with one attached hydrogen (secondary N) is 1. The maximum atomic E-state index is 12.6. The number of nitrogens with zero attached hydrogens (tertiary/aromatic N) is 1. The summed E-state index contributed by atoms with van der Waals surface area (Å²) in [7, 11) is 0. The van der Waals surface area contributed by atoms with Gasteiger partial charge in [0, 0.05) is 6.07 Å². The number of rotatable bonds is 1. The van der Waals surface area contributed by atoms with E-state index >= 15 is 0 Å². The highest BCUT2D eigenvalue weighted by atomic mass is 19.1. The first kappa shape index (κ1) is 8.55. The van der Waals surface area contributed by atoms with Crippen LogP contribution in [0.25, 0.3) is 5.69 Å². The van der Waals surface area contributed by atoms with Crippen molar-refractivity contribution in [3.63, 3.8) is 0 Å². The van der Waals surface area contributed by atoms with Gasteiger partial charge in [-0.1, -0.05) is 0 Å². The second kappa shape index (κ2) is 3.02. The number of H-pyrrole nitrogens is 1. The maximum absolute atomic E-state index is 12.6. The fourth-order valence-corrected chi connectivity index (χ4v) is 1.21. The molecule has 0 saturated heterocycles. The van der Waals surface area contributed by atoms with E-state index < -0.39 is 0 Å². The number of aromatic amines is 1. The molecule has 1 heterocycles. The molecule has 2 aromatic rings. The summed E-state index contributed by atoms with van der Waals surface area (Å²) in [5.41, 5.74) is 5.88. The first-order valence-corrected chi connectivity index (χ1v) is 4.00. The first-order valence-electron chi connectivity index (χ1n) is 4.00. The molecule has 0 spiro atoms. The van der Waals surface area contributed by atoms with Crippen LogP contribution in [-0.2, 0) is 0 Å². The molecular formula is C9H8FN3O. The van der Waals surface area contributed by atoms with Gasteiger partial charge in [0.1, 0.15) is 11.6 Å². The number of nitrogen functional groups attached to an aromatic ring is 1. The standard InChI is InChI=1S/C9H8FN3O/c10-6-1-3-7(4-2-6)13-8(11)5-9(14)12-13/h1-5H,11H2,(H,12,14). The molecule has 0 radical (unpaired) electrons. The Hall–Kier alpha value is -2.04. The highest BCUT2D eigenvalue weighted by molar-refractivity contribution is 5.40. The molecule has 0 fully saturated rings. The van der Waals surface area contributed by atoms with Crippen LogP contribution in [0.1, 0.15) is 0 Å². The van der Waals surface area contributed by atoms with Crippen molar-refractivity contribution in [1.29, 1.82) is 0 Å². The average molecular weight is 193 g/mol. The van der Waals surface area contributed by atoms with Crippen molar-refractivity contribution < 1.29 is 4.39 Å². The van der Waals surface area contributed by atoms with Crippen LogP contribution in [0.3, 0.4) is 0 Å². The van der Waals surface area contributed by atoms with Crippen molar-refractivity contribution in [2.45, 2.75) is 0 Å². The van der Waals surface area contributed by atoms with E-state index in [2.05, 4.69) is 5.10 Å². The predicted molar refractivity (Wildman–Crippen MR) is 50.8 cm³/mol. The molecule has 72 valence electrons. The normalized spacial score (nSPS) is 10.4. The fraction of sp³-hybridized carbons (Fsp3) is 0. The Balaban J connectivity index is 2.54. The lowest BCUT2D eigenvalue weighted by Gasteiger charge is -2.03. The van der Waals surface area contributed by atoms with Gasteiger partial charge in [-0.2, -0.15) is 0 Å². The SMILES string of the molecule is Nc1cc(=O)[nH]n1-c1ccc(F)cc1. The zero-order valence-electron chi connectivity index (χ0n) is 7.20. The number of aromatic nitrogens is 2. The molecule has 4 nitrogen and oxygen atoms in total. The van der Waals surface area contributed by atoms with Gasteiger partial charge < -0.3 is 5.73 Å². The second-order valence-electron chi connectivity index (χ2n) is 2.86. The van der Waals surface area contributed by atoms with E-state index in [0.29, 0.717) is 11.5 Å². The Labute approximate surface area is 78.8 Å². The van der Waals surface area contributed by atoms with E-state index in [9.17, 15) is 9.18 Å². The molecular weight excluding hydrogens is 185 g/mol. The highest BCUT2D eigenvalue weighted by Gasteiger charge is 2.02. The Kier molecular flexibility index (Phi) is 1.85. The summed E-state index contributed by atoms with van der Waals surface area (Å²) in [6.45, 7) is 0. The van der Waals surface area contributed by atoms with Gasteiger partial charge in [-0.15, -0.1) is 0 Å². The Morgan fingerprint density at radius 3 is 2.43 bits per heavy atom. The monoisotopic (exact) mass is 193 g/mol. The van der Waals surface area contributed by atoms with Crippen molar-refractivity contribution in [3.8, 4) is 5.69 Å². The van der Waals surface area contributed by atoms with Gasteiger partial charge in [0.2, 0.25) is 0 Å². The maximum Gasteiger partial charge on any atom is 0.266 e. The van der Waals surface area contributed by atoms with Crippen LogP contribution < -0.4 is 11.3 Å². The highest BCUT2D eigenvalue weighted by Crippen LogP contribution is 2.10. The van der Waals surface area contributed by atoms with Crippen LogP contribution in [0.2, 0.25) is 0 Å². The summed E-state index contributed by atoms with van der Waals surface area (Å²) in [6.07, 6.45) is 0. The van der Waals surface area contributed by atoms with E-state index in [1.165, 1.54) is 35.0 Å². The molecule has 0 unspecified atom stereocenters. The largest absolute Gasteiger partial charge is 0.384 e. The number of halogens is 1. The van der Waals surface area contributed by atoms with E-state index in [1.807, 2.05) is 0 Å². The third-order valence-electron chi connectivity index (χ3n) is 1.84. The van der Waals surface area contributed by atoms with E-state index in [-0.39, 0.29) is 11.4 Å². The van der Waals surface area contributed by atoms with Crippen molar-refractivity contribution >= 4 is 5.82 Å². The minimum atomic E-state index is -0.332. The topological polar surface area (TPSA) is 63.8 Å². The van der Waals surface area contributed by atoms with Crippen LogP contribution in [0.15, 0.2) is 35.1 Å². The average Bonchev–Trinajstić information content (AvgIpc) is 2.47. The Morgan fingerprint density at radius 1 is 1.29 bits per heavy atom. The lowest BCUT2D eigenvalue weighted by molar-refractivity contribution is 0.627. The first-order chi connectivity index (χ1) is 6.66. The molecule has 1 aromatic heterocycles. The predicted octanol–water partition coefficient (Wildman–Crippen LogP) is 0.887. The molecule has 2 rings (SSSR count). The third-order valence-corrected chi connectivity index (χ3v) is 1.84. The van der Waals surface area contributed by atoms with Gasteiger partial charge in [0.15, 0.2) is 0 Å². The molecule has 0 amide bonds. The van der Waals surface area contributed by atoms with Crippen molar-refractivity contribution in [2.24, 2.45) is 0 Å². The van der Waals surface area contributed by atoms with Gasteiger partial charge >= 0.3 is 0 Å². The number of hydrogen-bond acceptors (Lipinski definition) is 2. The zero-order chi connectivity index (χ0) is 10.1. The quantitative estimate of drug-likeness (QED) is 0.706. The molecule has 1 aromatic carbocycles. The van der Waals surface area contributed by atoms with Gasteiger partial charge in [0.05, 0.1) is 5.69 Å². The summed E-state index contributed by atoms with van der Waals surface area (Å²) in [5, 5.41) is 2.49. The van der Waals surface area contributed by atoms with Crippen molar-refractivity contribution in [3.05, 3.63) is 46.5 Å². The summed E-state index contributed by atoms with van der Waals surface area (Å²) < 4.78 is 14.0. The second-order valence-corrected chi connectivity index (χ2v) is 2.86. The van der Waals surface area contributed by atoms with Gasteiger partial charge in [-0.05, 0) is 24.3 Å². The van der Waals surface area contributed by atoms with Gasteiger partial charge in [0.25, 0.3) is 5.56 Å². The molecule has 0 atom stereocenters. The number of benzene rings is 1. The van der Waals surface area contributed by atoms with Crippen LogP contribution in [0.5, 0.6) is 0 Å². The summed E-state index contributed by atoms with van der Waals surface area (Å²) in [6, 6.07) is 6.92.